The predicted octanol–water partition coefficient (Wildman–Crippen LogP) is 2.45. The van der Waals surface area contributed by atoms with Crippen LogP contribution < -0.4 is 5.73 Å². The van der Waals surface area contributed by atoms with Crippen LogP contribution in [0.1, 0.15) is 59.3 Å². The molecule has 3 atom stereocenters. The van der Waals surface area contributed by atoms with Crippen LogP contribution in [-0.4, -0.2) is 53.6 Å². The van der Waals surface area contributed by atoms with E-state index in [2.05, 4.69) is 30.6 Å². The minimum atomic E-state index is 0.254. The van der Waals surface area contributed by atoms with Gasteiger partial charge in [0.25, 0.3) is 0 Å². The van der Waals surface area contributed by atoms with Crippen LogP contribution >= 0.6 is 0 Å². The van der Waals surface area contributed by atoms with Crippen LogP contribution in [0.4, 0.5) is 0 Å². The highest BCUT2D eigenvalue weighted by atomic mass is 15.3. The molecule has 2 heterocycles. The third kappa shape index (κ3) is 2.98. The smallest absolute Gasteiger partial charge is 0.0333 e. The molecule has 0 aromatic carbocycles. The number of rotatable bonds is 6. The zero-order valence-corrected chi connectivity index (χ0v) is 13.2. The second-order valence-corrected chi connectivity index (χ2v) is 6.68. The Morgan fingerprint density at radius 2 is 2.05 bits per heavy atom. The van der Waals surface area contributed by atoms with Crippen LogP contribution in [0, 0.1) is 0 Å². The van der Waals surface area contributed by atoms with E-state index in [1.165, 1.54) is 58.2 Å². The van der Waals surface area contributed by atoms with Crippen molar-refractivity contribution in [3.63, 3.8) is 0 Å². The van der Waals surface area contributed by atoms with Gasteiger partial charge in [-0.2, -0.15) is 0 Å². The molecule has 0 saturated carbocycles. The highest BCUT2D eigenvalue weighted by Crippen LogP contribution is 2.33. The van der Waals surface area contributed by atoms with Crippen LogP contribution in [0.2, 0.25) is 0 Å². The van der Waals surface area contributed by atoms with E-state index in [9.17, 15) is 0 Å². The molecule has 0 radical (unpaired) electrons. The van der Waals surface area contributed by atoms with E-state index in [1.807, 2.05) is 0 Å². The maximum absolute atomic E-state index is 6.23. The Kier molecular flexibility index (Phi) is 5.27. The second kappa shape index (κ2) is 6.55. The van der Waals surface area contributed by atoms with Gasteiger partial charge in [-0.25, -0.2) is 0 Å². The van der Waals surface area contributed by atoms with Gasteiger partial charge in [0.15, 0.2) is 0 Å². The van der Waals surface area contributed by atoms with Crippen LogP contribution in [0.25, 0.3) is 0 Å². The van der Waals surface area contributed by atoms with Gasteiger partial charge in [0.1, 0.15) is 0 Å². The number of nitrogens with zero attached hydrogens (tertiary/aromatic N) is 2. The predicted molar refractivity (Wildman–Crippen MR) is 82.4 cm³/mol. The molecule has 3 heteroatoms. The molecule has 0 aromatic rings. The number of fused-ring (bicyclic) bond motifs is 1. The Morgan fingerprint density at radius 3 is 2.68 bits per heavy atom. The van der Waals surface area contributed by atoms with E-state index < -0.39 is 0 Å². The van der Waals surface area contributed by atoms with Crippen molar-refractivity contribution in [2.45, 2.75) is 76.9 Å². The zero-order valence-electron chi connectivity index (χ0n) is 13.2. The van der Waals surface area contributed by atoms with Crippen LogP contribution in [0.3, 0.4) is 0 Å². The first-order valence-corrected chi connectivity index (χ1v) is 8.37. The molecule has 112 valence electrons. The van der Waals surface area contributed by atoms with Crippen molar-refractivity contribution < 1.29 is 0 Å². The van der Waals surface area contributed by atoms with E-state index in [1.54, 1.807) is 0 Å². The molecule has 2 saturated heterocycles. The fraction of sp³-hybridized carbons (Fsp3) is 1.00. The van der Waals surface area contributed by atoms with E-state index in [0.717, 1.165) is 12.6 Å². The molecular weight excluding hydrogens is 234 g/mol. The standard InChI is InChI=1S/C16H33N3/c1-4-6-9-16(5-2,13-17)19-12-15-8-7-10-18(15)11-14(19)3/h14-15H,4-13,17H2,1-3H3. The van der Waals surface area contributed by atoms with Crippen LogP contribution in [0.15, 0.2) is 0 Å². The summed E-state index contributed by atoms with van der Waals surface area (Å²) in [6.45, 7) is 11.7. The lowest BCUT2D eigenvalue weighted by atomic mass is 9.85. The number of hydrogen-bond donors (Lipinski definition) is 1. The Labute approximate surface area is 119 Å². The van der Waals surface area contributed by atoms with Crippen molar-refractivity contribution in [3.8, 4) is 0 Å². The maximum Gasteiger partial charge on any atom is 0.0333 e. The highest BCUT2D eigenvalue weighted by Gasteiger charge is 2.42. The molecule has 0 aromatic heterocycles. The molecule has 2 fully saturated rings. The third-order valence-electron chi connectivity index (χ3n) is 5.58. The average molecular weight is 267 g/mol. The Morgan fingerprint density at radius 1 is 1.26 bits per heavy atom. The summed E-state index contributed by atoms with van der Waals surface area (Å²) in [6.07, 6.45) is 7.83. The van der Waals surface area contributed by atoms with Crippen LogP contribution in [-0.2, 0) is 0 Å². The topological polar surface area (TPSA) is 32.5 Å². The van der Waals surface area contributed by atoms with Crippen molar-refractivity contribution in [1.82, 2.24) is 9.80 Å². The molecule has 2 rings (SSSR count). The molecule has 3 unspecified atom stereocenters. The molecule has 0 aliphatic carbocycles. The molecule has 19 heavy (non-hydrogen) atoms. The Balaban J connectivity index is 2.11. The molecular formula is C16H33N3. The first-order chi connectivity index (χ1) is 9.16. The van der Waals surface area contributed by atoms with Gasteiger partial charge < -0.3 is 5.73 Å². The molecule has 0 amide bonds. The monoisotopic (exact) mass is 267 g/mol. The van der Waals surface area contributed by atoms with Gasteiger partial charge in [0.05, 0.1) is 0 Å². The molecule has 2 N–H and O–H groups in total. The second-order valence-electron chi connectivity index (χ2n) is 6.68. The van der Waals surface area contributed by atoms with Crippen molar-refractivity contribution >= 4 is 0 Å². The summed E-state index contributed by atoms with van der Waals surface area (Å²) in [4.78, 5) is 5.48. The van der Waals surface area contributed by atoms with E-state index in [-0.39, 0.29) is 5.54 Å². The first kappa shape index (κ1) is 15.3. The minimum absolute atomic E-state index is 0.254. The zero-order chi connectivity index (χ0) is 13.9. The maximum atomic E-state index is 6.23. The molecule has 3 nitrogen and oxygen atoms in total. The molecule has 2 aliphatic rings. The number of hydrogen-bond acceptors (Lipinski definition) is 3. The Bertz CT molecular complexity index is 275. The summed E-state index contributed by atoms with van der Waals surface area (Å²) in [5.74, 6) is 0. The summed E-state index contributed by atoms with van der Waals surface area (Å²) in [7, 11) is 0. The van der Waals surface area contributed by atoms with Gasteiger partial charge in [-0.1, -0.05) is 26.7 Å². The van der Waals surface area contributed by atoms with Crippen molar-refractivity contribution in [2.24, 2.45) is 5.73 Å². The molecule has 0 bridgehead atoms. The quantitative estimate of drug-likeness (QED) is 0.802. The lowest BCUT2D eigenvalue weighted by Gasteiger charge is -2.52. The third-order valence-corrected chi connectivity index (χ3v) is 5.58. The van der Waals surface area contributed by atoms with Gasteiger partial charge in [-0.3, -0.25) is 9.80 Å². The number of nitrogens with two attached hydrogens (primary N) is 1. The minimum Gasteiger partial charge on any atom is -0.329 e. The highest BCUT2D eigenvalue weighted by molar-refractivity contribution is 5.00. The summed E-state index contributed by atoms with van der Waals surface area (Å²) < 4.78 is 0. The van der Waals surface area contributed by atoms with Gasteiger partial charge >= 0.3 is 0 Å². The molecule has 0 spiro atoms. The first-order valence-electron chi connectivity index (χ1n) is 8.37. The summed E-state index contributed by atoms with van der Waals surface area (Å²) in [5.41, 5.74) is 6.49. The lowest BCUT2D eigenvalue weighted by molar-refractivity contribution is -0.0277. The number of unbranched alkanes of at least 4 members (excludes halogenated alkanes) is 1. The van der Waals surface area contributed by atoms with Gasteiger partial charge in [0.2, 0.25) is 0 Å². The van der Waals surface area contributed by atoms with E-state index in [0.29, 0.717) is 6.04 Å². The number of piperazine rings is 1. The lowest BCUT2D eigenvalue weighted by Crippen LogP contribution is -2.65. The Hall–Kier alpha value is -0.120. The summed E-state index contributed by atoms with van der Waals surface area (Å²) in [5, 5.41) is 0. The van der Waals surface area contributed by atoms with Crippen molar-refractivity contribution in [1.29, 1.82) is 0 Å². The average Bonchev–Trinajstić information content (AvgIpc) is 2.87. The van der Waals surface area contributed by atoms with Gasteiger partial charge in [0, 0.05) is 37.3 Å². The van der Waals surface area contributed by atoms with Crippen LogP contribution in [0.5, 0.6) is 0 Å². The fourth-order valence-corrected chi connectivity index (χ4v) is 4.24. The van der Waals surface area contributed by atoms with E-state index >= 15 is 0 Å². The fourth-order valence-electron chi connectivity index (χ4n) is 4.24. The van der Waals surface area contributed by atoms with Gasteiger partial charge in [-0.15, -0.1) is 0 Å². The SMILES string of the molecule is CCCCC(CC)(CN)N1CC2CCCN2CC1C. The van der Waals surface area contributed by atoms with Crippen molar-refractivity contribution in [3.05, 3.63) is 0 Å². The summed E-state index contributed by atoms with van der Waals surface area (Å²) in [6, 6.07) is 1.46. The van der Waals surface area contributed by atoms with Gasteiger partial charge in [-0.05, 0) is 39.2 Å². The largest absolute Gasteiger partial charge is 0.329 e. The summed E-state index contributed by atoms with van der Waals surface area (Å²) >= 11 is 0. The van der Waals surface area contributed by atoms with E-state index in [4.69, 9.17) is 5.73 Å². The van der Waals surface area contributed by atoms with Crippen molar-refractivity contribution in [2.75, 3.05) is 26.2 Å². The normalized spacial score (nSPS) is 32.2. The molecule has 2 aliphatic heterocycles.